The van der Waals surface area contributed by atoms with Crippen molar-refractivity contribution < 1.29 is 19.1 Å². The summed E-state index contributed by atoms with van der Waals surface area (Å²) in [4.78, 5) is 38.4. The number of hydrogen-bond donors (Lipinski definition) is 1. The van der Waals surface area contributed by atoms with Gasteiger partial charge in [-0.15, -0.1) is 0 Å². The summed E-state index contributed by atoms with van der Waals surface area (Å²) in [6.45, 7) is 2.39. The van der Waals surface area contributed by atoms with Gasteiger partial charge in [-0.2, -0.15) is 0 Å². The first-order valence-electron chi connectivity index (χ1n) is 6.53. The van der Waals surface area contributed by atoms with Crippen LogP contribution in [-0.2, 0) is 9.59 Å². The third kappa shape index (κ3) is 2.87. The lowest BCUT2D eigenvalue weighted by Gasteiger charge is -2.32. The molecule has 7 nitrogen and oxygen atoms in total. The third-order valence-corrected chi connectivity index (χ3v) is 3.06. The summed E-state index contributed by atoms with van der Waals surface area (Å²) in [5.41, 5.74) is 0.389. The molecule has 1 N–H and O–H groups in total. The fraction of sp³-hybridized carbons (Fsp3) is 0.357. The van der Waals surface area contributed by atoms with Gasteiger partial charge >= 0.3 is 6.03 Å². The number of nitrogens with zero attached hydrogens (tertiary/aromatic N) is 2. The van der Waals surface area contributed by atoms with E-state index in [1.165, 1.54) is 4.90 Å². The van der Waals surface area contributed by atoms with Gasteiger partial charge < -0.3 is 4.74 Å². The molecule has 4 amide bonds. The van der Waals surface area contributed by atoms with Crippen LogP contribution in [0.5, 0.6) is 5.75 Å². The molecule has 2 rings (SSSR count). The van der Waals surface area contributed by atoms with Gasteiger partial charge in [0.2, 0.25) is 0 Å². The van der Waals surface area contributed by atoms with Crippen LogP contribution < -0.4 is 15.0 Å². The van der Waals surface area contributed by atoms with E-state index < -0.39 is 23.9 Å². The van der Waals surface area contributed by atoms with E-state index >= 15 is 0 Å². The maximum Gasteiger partial charge on any atom is 0.335 e. The van der Waals surface area contributed by atoms with Crippen LogP contribution in [0.25, 0.3) is 0 Å². The van der Waals surface area contributed by atoms with Crippen LogP contribution in [-0.4, -0.2) is 49.5 Å². The van der Waals surface area contributed by atoms with Crippen molar-refractivity contribution in [2.24, 2.45) is 0 Å². The maximum atomic E-state index is 12.4. The Morgan fingerprint density at radius 3 is 2.33 bits per heavy atom. The molecule has 112 valence electrons. The number of barbiturate groups is 1. The number of amides is 4. The third-order valence-electron chi connectivity index (χ3n) is 3.06. The molecule has 1 heterocycles. The Hall–Kier alpha value is -2.41. The summed E-state index contributed by atoms with van der Waals surface area (Å²) in [6.07, 6.45) is 0. The van der Waals surface area contributed by atoms with E-state index in [9.17, 15) is 14.4 Å². The number of rotatable bonds is 4. The van der Waals surface area contributed by atoms with Crippen molar-refractivity contribution in [3.63, 3.8) is 0 Å². The summed E-state index contributed by atoms with van der Waals surface area (Å²) < 4.78 is 5.31. The number of ether oxygens (including phenoxy) is 1. The molecule has 1 aliphatic rings. The molecular weight excluding hydrogens is 274 g/mol. The van der Waals surface area contributed by atoms with Gasteiger partial charge in [0.15, 0.2) is 6.04 Å². The normalized spacial score (nSPS) is 19.0. The highest BCUT2D eigenvalue weighted by atomic mass is 16.5. The first-order valence-corrected chi connectivity index (χ1v) is 6.53. The number of benzene rings is 1. The van der Waals surface area contributed by atoms with Crippen LogP contribution in [0.3, 0.4) is 0 Å². The predicted molar refractivity (Wildman–Crippen MR) is 76.1 cm³/mol. The Balaban J connectivity index is 2.30. The highest BCUT2D eigenvalue weighted by molar-refractivity contribution is 6.29. The number of anilines is 1. The molecule has 21 heavy (non-hydrogen) atoms. The van der Waals surface area contributed by atoms with Crippen molar-refractivity contribution in [3.05, 3.63) is 24.3 Å². The summed E-state index contributed by atoms with van der Waals surface area (Å²) in [7, 11) is 3.21. The van der Waals surface area contributed by atoms with Gasteiger partial charge in [-0.25, -0.2) is 9.69 Å². The zero-order valence-electron chi connectivity index (χ0n) is 12.1. The van der Waals surface area contributed by atoms with Crippen molar-refractivity contribution in [3.8, 4) is 5.75 Å². The molecule has 1 aliphatic heterocycles. The number of carbonyl (C=O) groups excluding carboxylic acids is 3. The van der Waals surface area contributed by atoms with Crippen molar-refractivity contribution in [1.82, 2.24) is 10.2 Å². The predicted octanol–water partition coefficient (Wildman–Crippen LogP) is 0.598. The molecular formula is C14H17N3O4. The zero-order valence-corrected chi connectivity index (χ0v) is 12.1. The Kier molecular flexibility index (Phi) is 4.23. The lowest BCUT2D eigenvalue weighted by Crippen LogP contribution is -2.64. The van der Waals surface area contributed by atoms with E-state index in [2.05, 4.69) is 5.32 Å². The second-order valence-electron chi connectivity index (χ2n) is 4.76. The Labute approximate surface area is 122 Å². The van der Waals surface area contributed by atoms with Crippen molar-refractivity contribution in [2.75, 3.05) is 25.6 Å². The topological polar surface area (TPSA) is 79.0 Å². The monoisotopic (exact) mass is 291 g/mol. The zero-order chi connectivity index (χ0) is 15.6. The molecule has 1 saturated heterocycles. The van der Waals surface area contributed by atoms with Crippen LogP contribution in [0.1, 0.15) is 6.92 Å². The van der Waals surface area contributed by atoms with Crippen LogP contribution in [0.15, 0.2) is 24.3 Å². The van der Waals surface area contributed by atoms with Crippen LogP contribution in [0.2, 0.25) is 0 Å². The summed E-state index contributed by atoms with van der Waals surface area (Å²) in [5, 5.41) is 2.18. The average molecular weight is 291 g/mol. The number of urea groups is 1. The van der Waals surface area contributed by atoms with Gasteiger partial charge in [-0.3, -0.25) is 19.8 Å². The minimum absolute atomic E-state index is 0.389. The largest absolute Gasteiger partial charge is 0.494 e. The second-order valence-corrected chi connectivity index (χ2v) is 4.76. The number of carbonyl (C=O) groups is 3. The summed E-state index contributed by atoms with van der Waals surface area (Å²) in [6, 6.07) is 4.78. The SMILES string of the molecule is CCOc1ccc(N2C(=O)NC(=O)C(N(C)C)C2=O)cc1. The minimum Gasteiger partial charge on any atom is -0.494 e. The summed E-state index contributed by atoms with van der Waals surface area (Å²) in [5.74, 6) is -0.540. The molecule has 0 aromatic heterocycles. The van der Waals surface area contributed by atoms with E-state index in [1.807, 2.05) is 6.92 Å². The standard InChI is InChI=1S/C14H17N3O4/c1-4-21-10-7-5-9(6-8-10)17-13(19)11(16(2)3)12(18)15-14(17)20/h5-8,11H,4H2,1-3H3,(H,15,18,20). The lowest BCUT2D eigenvalue weighted by atomic mass is 10.1. The number of likely N-dealkylation sites (N-methyl/N-ethyl adjacent to an activating group) is 1. The molecule has 1 unspecified atom stereocenters. The van der Waals surface area contributed by atoms with Crippen LogP contribution in [0.4, 0.5) is 10.5 Å². The van der Waals surface area contributed by atoms with Gasteiger partial charge in [0.05, 0.1) is 12.3 Å². The van der Waals surface area contributed by atoms with E-state index in [0.29, 0.717) is 18.0 Å². The van der Waals surface area contributed by atoms with Crippen LogP contribution in [0, 0.1) is 0 Å². The van der Waals surface area contributed by atoms with Gasteiger partial charge in [0.25, 0.3) is 11.8 Å². The van der Waals surface area contributed by atoms with E-state index in [-0.39, 0.29) is 0 Å². The average Bonchev–Trinajstić information content (AvgIpc) is 2.40. The second kappa shape index (κ2) is 5.92. The first-order chi connectivity index (χ1) is 9.95. The van der Waals surface area contributed by atoms with Crippen LogP contribution >= 0.6 is 0 Å². The number of imide groups is 2. The van der Waals surface area contributed by atoms with Gasteiger partial charge in [0.1, 0.15) is 5.75 Å². The highest BCUT2D eigenvalue weighted by Gasteiger charge is 2.42. The Bertz CT molecular complexity index is 568. The number of nitrogens with one attached hydrogen (secondary N) is 1. The number of hydrogen-bond acceptors (Lipinski definition) is 5. The molecule has 0 bridgehead atoms. The molecule has 1 fully saturated rings. The highest BCUT2D eigenvalue weighted by Crippen LogP contribution is 2.22. The Morgan fingerprint density at radius 1 is 1.19 bits per heavy atom. The molecule has 7 heteroatoms. The van der Waals surface area contributed by atoms with Crippen molar-refractivity contribution >= 4 is 23.5 Å². The Morgan fingerprint density at radius 2 is 1.81 bits per heavy atom. The van der Waals surface area contributed by atoms with Gasteiger partial charge in [0, 0.05) is 0 Å². The van der Waals surface area contributed by atoms with Crippen molar-refractivity contribution in [2.45, 2.75) is 13.0 Å². The van der Waals surface area contributed by atoms with Gasteiger partial charge in [-0.1, -0.05) is 0 Å². The maximum absolute atomic E-state index is 12.4. The fourth-order valence-electron chi connectivity index (χ4n) is 2.12. The quantitative estimate of drug-likeness (QED) is 0.822. The van der Waals surface area contributed by atoms with E-state index in [1.54, 1.807) is 38.4 Å². The smallest absolute Gasteiger partial charge is 0.335 e. The summed E-state index contributed by atoms with van der Waals surface area (Å²) >= 11 is 0. The molecule has 0 aliphatic carbocycles. The molecule has 1 aromatic rings. The molecule has 0 spiro atoms. The molecule has 1 atom stereocenters. The van der Waals surface area contributed by atoms with E-state index in [4.69, 9.17) is 4.74 Å². The molecule has 1 aromatic carbocycles. The fourth-order valence-corrected chi connectivity index (χ4v) is 2.12. The van der Waals surface area contributed by atoms with E-state index in [0.717, 1.165) is 4.90 Å². The lowest BCUT2D eigenvalue weighted by molar-refractivity contribution is -0.134. The van der Waals surface area contributed by atoms with Gasteiger partial charge in [-0.05, 0) is 45.3 Å². The first kappa shape index (κ1) is 15.0. The van der Waals surface area contributed by atoms with Crippen molar-refractivity contribution in [1.29, 1.82) is 0 Å². The minimum atomic E-state index is -1.02. The molecule has 0 radical (unpaired) electrons. The molecule has 0 saturated carbocycles.